The van der Waals surface area contributed by atoms with Gasteiger partial charge in [0.15, 0.2) is 0 Å². The van der Waals surface area contributed by atoms with Crippen molar-refractivity contribution in [2.45, 2.75) is 20.3 Å². The van der Waals surface area contributed by atoms with E-state index in [2.05, 4.69) is 13.8 Å². The molecule has 1 aromatic carbocycles. The lowest BCUT2D eigenvalue weighted by Gasteiger charge is -2.06. The van der Waals surface area contributed by atoms with E-state index in [1.165, 1.54) is 0 Å². The van der Waals surface area contributed by atoms with Gasteiger partial charge in [-0.1, -0.05) is 37.0 Å². The summed E-state index contributed by atoms with van der Waals surface area (Å²) >= 11 is 11.8. The number of halogens is 2. The van der Waals surface area contributed by atoms with Crippen LogP contribution in [-0.4, -0.2) is 0 Å². The molecule has 0 radical (unpaired) electrons. The SMILES string of the molecule is CC(C)Cc1cc(Cl)ccc1Cl. The molecule has 0 saturated carbocycles. The molecule has 0 atom stereocenters. The average Bonchev–Trinajstić information content (AvgIpc) is 1.96. The van der Waals surface area contributed by atoms with Crippen molar-refractivity contribution in [1.29, 1.82) is 0 Å². The Labute approximate surface area is 83.5 Å². The lowest BCUT2D eigenvalue weighted by molar-refractivity contribution is 0.647. The molecule has 0 spiro atoms. The van der Waals surface area contributed by atoms with Gasteiger partial charge in [-0.05, 0) is 36.1 Å². The maximum Gasteiger partial charge on any atom is 0.0439 e. The Bertz CT molecular complexity index is 267. The zero-order valence-electron chi connectivity index (χ0n) is 7.27. The molecule has 0 aliphatic carbocycles. The number of benzene rings is 1. The van der Waals surface area contributed by atoms with E-state index >= 15 is 0 Å². The third kappa shape index (κ3) is 2.69. The second kappa shape index (κ2) is 4.15. The Balaban J connectivity index is 2.90. The first-order valence-electron chi connectivity index (χ1n) is 4.03. The lowest BCUT2D eigenvalue weighted by Crippen LogP contribution is -1.94. The van der Waals surface area contributed by atoms with Crippen LogP contribution in [-0.2, 0) is 6.42 Å². The predicted molar refractivity (Wildman–Crippen MR) is 55.0 cm³/mol. The number of hydrogen-bond donors (Lipinski definition) is 0. The van der Waals surface area contributed by atoms with Gasteiger partial charge < -0.3 is 0 Å². The first-order chi connectivity index (χ1) is 5.59. The molecular formula is C10H12Cl2. The molecular weight excluding hydrogens is 191 g/mol. The fourth-order valence-corrected chi connectivity index (χ4v) is 1.53. The minimum atomic E-state index is 0.612. The van der Waals surface area contributed by atoms with Gasteiger partial charge in [-0.15, -0.1) is 0 Å². The van der Waals surface area contributed by atoms with E-state index in [9.17, 15) is 0 Å². The quantitative estimate of drug-likeness (QED) is 0.675. The van der Waals surface area contributed by atoms with Crippen molar-refractivity contribution < 1.29 is 0 Å². The Hall–Kier alpha value is -0.200. The fourth-order valence-electron chi connectivity index (χ4n) is 1.14. The molecule has 0 amide bonds. The smallest absolute Gasteiger partial charge is 0.0439 e. The Morgan fingerprint density at radius 2 is 1.92 bits per heavy atom. The maximum absolute atomic E-state index is 5.98. The molecule has 0 heterocycles. The van der Waals surface area contributed by atoms with Crippen molar-refractivity contribution in [2.75, 3.05) is 0 Å². The minimum Gasteiger partial charge on any atom is -0.0843 e. The summed E-state index contributed by atoms with van der Waals surface area (Å²) in [6, 6.07) is 5.60. The van der Waals surface area contributed by atoms with Gasteiger partial charge in [0.05, 0.1) is 0 Å². The van der Waals surface area contributed by atoms with Crippen LogP contribution in [0.15, 0.2) is 18.2 Å². The summed E-state index contributed by atoms with van der Waals surface area (Å²) in [4.78, 5) is 0. The van der Waals surface area contributed by atoms with E-state index in [0.29, 0.717) is 5.92 Å². The highest BCUT2D eigenvalue weighted by molar-refractivity contribution is 6.33. The van der Waals surface area contributed by atoms with Crippen LogP contribution < -0.4 is 0 Å². The molecule has 0 nitrogen and oxygen atoms in total. The van der Waals surface area contributed by atoms with E-state index in [0.717, 1.165) is 22.0 Å². The van der Waals surface area contributed by atoms with Gasteiger partial charge in [0.2, 0.25) is 0 Å². The van der Waals surface area contributed by atoms with Gasteiger partial charge in [0.25, 0.3) is 0 Å². The zero-order valence-corrected chi connectivity index (χ0v) is 8.78. The zero-order chi connectivity index (χ0) is 9.14. The standard InChI is InChI=1S/C10H12Cl2/c1-7(2)5-8-6-9(11)3-4-10(8)12/h3-4,6-7H,5H2,1-2H3. The fraction of sp³-hybridized carbons (Fsp3) is 0.400. The van der Waals surface area contributed by atoms with Crippen LogP contribution >= 0.6 is 23.2 Å². The summed E-state index contributed by atoms with van der Waals surface area (Å²) in [6.07, 6.45) is 0.986. The molecule has 0 saturated heterocycles. The van der Waals surface area contributed by atoms with Gasteiger partial charge in [0, 0.05) is 10.0 Å². The van der Waals surface area contributed by atoms with Crippen molar-refractivity contribution in [3.8, 4) is 0 Å². The maximum atomic E-state index is 5.98. The second-order valence-electron chi connectivity index (χ2n) is 3.33. The van der Waals surface area contributed by atoms with Crippen LogP contribution in [0.2, 0.25) is 10.0 Å². The lowest BCUT2D eigenvalue weighted by atomic mass is 10.0. The molecule has 2 heteroatoms. The molecule has 0 unspecified atom stereocenters. The van der Waals surface area contributed by atoms with Gasteiger partial charge in [0.1, 0.15) is 0 Å². The highest BCUT2D eigenvalue weighted by atomic mass is 35.5. The summed E-state index contributed by atoms with van der Waals surface area (Å²) in [5, 5.41) is 1.57. The van der Waals surface area contributed by atoms with Gasteiger partial charge in [-0.25, -0.2) is 0 Å². The Kier molecular flexibility index (Phi) is 3.42. The second-order valence-corrected chi connectivity index (χ2v) is 4.18. The van der Waals surface area contributed by atoms with Crippen molar-refractivity contribution in [2.24, 2.45) is 5.92 Å². The molecule has 0 aliphatic heterocycles. The monoisotopic (exact) mass is 202 g/mol. The third-order valence-electron chi connectivity index (χ3n) is 1.64. The Morgan fingerprint density at radius 1 is 1.25 bits per heavy atom. The minimum absolute atomic E-state index is 0.612. The first kappa shape index (κ1) is 9.88. The summed E-state index contributed by atoms with van der Waals surface area (Å²) in [7, 11) is 0. The van der Waals surface area contributed by atoms with Crippen LogP contribution in [0.3, 0.4) is 0 Å². The average molecular weight is 203 g/mol. The number of rotatable bonds is 2. The van der Waals surface area contributed by atoms with Gasteiger partial charge in [-0.2, -0.15) is 0 Å². The number of hydrogen-bond acceptors (Lipinski definition) is 0. The van der Waals surface area contributed by atoms with E-state index in [4.69, 9.17) is 23.2 Å². The molecule has 66 valence electrons. The normalized spacial score (nSPS) is 10.8. The highest BCUT2D eigenvalue weighted by Crippen LogP contribution is 2.22. The molecule has 0 N–H and O–H groups in total. The molecule has 12 heavy (non-hydrogen) atoms. The first-order valence-corrected chi connectivity index (χ1v) is 4.79. The van der Waals surface area contributed by atoms with Crippen LogP contribution in [0.25, 0.3) is 0 Å². The molecule has 0 aromatic heterocycles. The van der Waals surface area contributed by atoms with Crippen molar-refractivity contribution in [3.05, 3.63) is 33.8 Å². The molecule has 1 aromatic rings. The van der Waals surface area contributed by atoms with Crippen LogP contribution in [0.1, 0.15) is 19.4 Å². The van der Waals surface area contributed by atoms with Crippen LogP contribution in [0.5, 0.6) is 0 Å². The van der Waals surface area contributed by atoms with Crippen molar-refractivity contribution >= 4 is 23.2 Å². The van der Waals surface area contributed by atoms with Crippen LogP contribution in [0, 0.1) is 5.92 Å². The van der Waals surface area contributed by atoms with Gasteiger partial charge >= 0.3 is 0 Å². The van der Waals surface area contributed by atoms with Crippen LogP contribution in [0.4, 0.5) is 0 Å². The predicted octanol–water partition coefficient (Wildman–Crippen LogP) is 4.19. The van der Waals surface area contributed by atoms with E-state index < -0.39 is 0 Å². The molecule has 0 fully saturated rings. The molecule has 1 rings (SSSR count). The third-order valence-corrected chi connectivity index (χ3v) is 2.24. The largest absolute Gasteiger partial charge is 0.0843 e. The summed E-state index contributed by atoms with van der Waals surface area (Å²) < 4.78 is 0. The topological polar surface area (TPSA) is 0 Å². The van der Waals surface area contributed by atoms with Gasteiger partial charge in [-0.3, -0.25) is 0 Å². The Morgan fingerprint density at radius 3 is 2.50 bits per heavy atom. The summed E-state index contributed by atoms with van der Waals surface area (Å²) in [5.41, 5.74) is 1.14. The van der Waals surface area contributed by atoms with E-state index in [1.54, 1.807) is 0 Å². The van der Waals surface area contributed by atoms with Crippen molar-refractivity contribution in [3.63, 3.8) is 0 Å². The van der Waals surface area contributed by atoms with E-state index in [1.807, 2.05) is 18.2 Å². The van der Waals surface area contributed by atoms with E-state index in [-0.39, 0.29) is 0 Å². The highest BCUT2D eigenvalue weighted by Gasteiger charge is 2.03. The molecule has 0 bridgehead atoms. The molecule has 0 aliphatic rings. The summed E-state index contributed by atoms with van der Waals surface area (Å²) in [5.74, 6) is 0.612. The summed E-state index contributed by atoms with van der Waals surface area (Å²) in [6.45, 7) is 4.33. The van der Waals surface area contributed by atoms with Crippen molar-refractivity contribution in [1.82, 2.24) is 0 Å².